The standard InChI is InChI=1S/C23H29NO3/c1-4-22(27-21-11-7-10-20(15-21)26-3)23(25)24-16(2)18-13-12-17-8-5-6-9-19(17)14-18/h7,10-16,22H,4-6,8-9H2,1-3H3,(H,24,25)/t16-,22-/m0/s1. The lowest BCUT2D eigenvalue weighted by Crippen LogP contribution is -2.39. The van der Waals surface area contributed by atoms with Crippen LogP contribution in [0.3, 0.4) is 0 Å². The lowest BCUT2D eigenvalue weighted by atomic mass is 9.89. The first-order valence-corrected chi connectivity index (χ1v) is 9.83. The Bertz CT molecular complexity index is 787. The normalized spacial score (nSPS) is 15.4. The first-order valence-electron chi connectivity index (χ1n) is 9.83. The van der Waals surface area contributed by atoms with Crippen molar-refractivity contribution in [3.8, 4) is 11.5 Å². The number of hydrogen-bond donors (Lipinski definition) is 1. The number of benzene rings is 2. The number of aryl methyl sites for hydroxylation is 2. The molecule has 2 aromatic carbocycles. The van der Waals surface area contributed by atoms with E-state index in [1.54, 1.807) is 13.2 Å². The zero-order chi connectivity index (χ0) is 19.2. The van der Waals surface area contributed by atoms with Gasteiger partial charge in [0.1, 0.15) is 11.5 Å². The van der Waals surface area contributed by atoms with E-state index in [4.69, 9.17) is 9.47 Å². The van der Waals surface area contributed by atoms with E-state index in [-0.39, 0.29) is 11.9 Å². The Kier molecular flexibility index (Phi) is 6.38. The highest BCUT2D eigenvalue weighted by Gasteiger charge is 2.21. The van der Waals surface area contributed by atoms with Crippen LogP contribution in [0.4, 0.5) is 0 Å². The lowest BCUT2D eigenvalue weighted by Gasteiger charge is -2.23. The number of rotatable bonds is 7. The largest absolute Gasteiger partial charge is 0.497 e. The number of hydrogen-bond acceptors (Lipinski definition) is 3. The van der Waals surface area contributed by atoms with Gasteiger partial charge in [-0.3, -0.25) is 4.79 Å². The second-order valence-corrected chi connectivity index (χ2v) is 7.16. The Hall–Kier alpha value is -2.49. The monoisotopic (exact) mass is 367 g/mol. The Morgan fingerprint density at radius 2 is 1.81 bits per heavy atom. The van der Waals surface area contributed by atoms with E-state index in [1.165, 1.54) is 30.4 Å². The van der Waals surface area contributed by atoms with Crippen LogP contribution in [0, 0.1) is 0 Å². The summed E-state index contributed by atoms with van der Waals surface area (Å²) in [7, 11) is 1.61. The van der Waals surface area contributed by atoms with Gasteiger partial charge >= 0.3 is 0 Å². The zero-order valence-corrected chi connectivity index (χ0v) is 16.5. The molecular formula is C23H29NO3. The van der Waals surface area contributed by atoms with E-state index >= 15 is 0 Å². The van der Waals surface area contributed by atoms with Gasteiger partial charge in [-0.25, -0.2) is 0 Å². The summed E-state index contributed by atoms with van der Waals surface area (Å²) in [6, 6.07) is 13.9. The molecule has 3 rings (SSSR count). The van der Waals surface area contributed by atoms with Gasteiger partial charge in [0, 0.05) is 6.07 Å². The van der Waals surface area contributed by atoms with E-state index in [0.717, 1.165) is 12.0 Å². The van der Waals surface area contributed by atoms with Crippen molar-refractivity contribution in [1.82, 2.24) is 5.32 Å². The maximum absolute atomic E-state index is 12.7. The highest BCUT2D eigenvalue weighted by Crippen LogP contribution is 2.25. The minimum absolute atomic E-state index is 0.0484. The molecule has 4 nitrogen and oxygen atoms in total. The Morgan fingerprint density at radius 3 is 2.56 bits per heavy atom. The molecule has 1 amide bonds. The predicted molar refractivity (Wildman–Crippen MR) is 107 cm³/mol. The molecule has 144 valence electrons. The summed E-state index contributed by atoms with van der Waals surface area (Å²) in [6.45, 7) is 3.98. The molecule has 0 saturated carbocycles. The molecule has 1 N–H and O–H groups in total. The minimum Gasteiger partial charge on any atom is -0.497 e. The molecular weight excluding hydrogens is 338 g/mol. The van der Waals surface area contributed by atoms with Crippen molar-refractivity contribution in [2.75, 3.05) is 7.11 Å². The van der Waals surface area contributed by atoms with Crippen molar-refractivity contribution in [3.63, 3.8) is 0 Å². The molecule has 1 aliphatic carbocycles. The topological polar surface area (TPSA) is 47.6 Å². The van der Waals surface area contributed by atoms with Gasteiger partial charge in [-0.05, 0) is 67.9 Å². The number of carbonyl (C=O) groups excluding carboxylic acids is 1. The van der Waals surface area contributed by atoms with Gasteiger partial charge < -0.3 is 14.8 Å². The summed E-state index contributed by atoms with van der Waals surface area (Å²) in [5, 5.41) is 3.11. The van der Waals surface area contributed by atoms with E-state index in [1.807, 2.05) is 32.0 Å². The van der Waals surface area contributed by atoms with Crippen LogP contribution in [0.25, 0.3) is 0 Å². The van der Waals surface area contributed by atoms with Crippen LogP contribution < -0.4 is 14.8 Å². The maximum Gasteiger partial charge on any atom is 0.261 e. The molecule has 0 spiro atoms. The van der Waals surface area contributed by atoms with E-state index in [2.05, 4.69) is 23.5 Å². The zero-order valence-electron chi connectivity index (χ0n) is 16.5. The molecule has 0 fully saturated rings. The van der Waals surface area contributed by atoms with Crippen molar-refractivity contribution >= 4 is 5.91 Å². The molecule has 0 radical (unpaired) electrons. The maximum atomic E-state index is 12.7. The molecule has 2 aromatic rings. The molecule has 0 bridgehead atoms. The summed E-state index contributed by atoms with van der Waals surface area (Å²) in [5.41, 5.74) is 4.04. The van der Waals surface area contributed by atoms with Gasteiger partial charge in [-0.15, -0.1) is 0 Å². The van der Waals surface area contributed by atoms with Gasteiger partial charge in [0.15, 0.2) is 6.10 Å². The Labute approximate surface area is 161 Å². The fraction of sp³-hybridized carbons (Fsp3) is 0.435. The fourth-order valence-electron chi connectivity index (χ4n) is 3.57. The molecule has 1 aliphatic rings. The summed E-state index contributed by atoms with van der Waals surface area (Å²) in [5.74, 6) is 1.26. The number of carbonyl (C=O) groups is 1. The predicted octanol–water partition coefficient (Wildman–Crippen LogP) is 4.61. The van der Waals surface area contributed by atoms with E-state index in [9.17, 15) is 4.79 Å². The number of nitrogens with one attached hydrogen (secondary N) is 1. The summed E-state index contributed by atoms with van der Waals surface area (Å²) in [6.07, 6.45) is 4.91. The summed E-state index contributed by atoms with van der Waals surface area (Å²) in [4.78, 5) is 12.7. The molecule has 0 unspecified atom stereocenters. The number of amides is 1. The molecule has 27 heavy (non-hydrogen) atoms. The molecule has 4 heteroatoms. The Morgan fingerprint density at radius 1 is 1.07 bits per heavy atom. The number of fused-ring (bicyclic) bond motifs is 1. The smallest absolute Gasteiger partial charge is 0.261 e. The van der Waals surface area contributed by atoms with E-state index < -0.39 is 6.10 Å². The third kappa shape index (κ3) is 4.82. The molecule has 0 aromatic heterocycles. The van der Waals surface area contributed by atoms with Crippen molar-refractivity contribution in [3.05, 3.63) is 59.2 Å². The van der Waals surface area contributed by atoms with Crippen LogP contribution in [0.1, 0.15) is 55.8 Å². The fourth-order valence-corrected chi connectivity index (χ4v) is 3.57. The van der Waals surface area contributed by atoms with Crippen molar-refractivity contribution in [2.45, 2.75) is 58.1 Å². The third-order valence-corrected chi connectivity index (χ3v) is 5.21. The first-order chi connectivity index (χ1) is 13.1. The highest BCUT2D eigenvalue weighted by molar-refractivity contribution is 5.81. The van der Waals surface area contributed by atoms with Gasteiger partial charge in [0.25, 0.3) is 5.91 Å². The quantitative estimate of drug-likeness (QED) is 0.777. The van der Waals surface area contributed by atoms with Crippen LogP contribution in [0.2, 0.25) is 0 Å². The van der Waals surface area contributed by atoms with Gasteiger partial charge in [-0.1, -0.05) is 31.2 Å². The van der Waals surface area contributed by atoms with Crippen LogP contribution >= 0.6 is 0 Å². The van der Waals surface area contributed by atoms with Gasteiger partial charge in [-0.2, -0.15) is 0 Å². The van der Waals surface area contributed by atoms with Crippen LogP contribution in [-0.4, -0.2) is 19.1 Å². The first kappa shape index (κ1) is 19.3. The molecule has 0 saturated heterocycles. The second-order valence-electron chi connectivity index (χ2n) is 7.16. The van der Waals surface area contributed by atoms with Crippen molar-refractivity contribution in [1.29, 1.82) is 0 Å². The van der Waals surface area contributed by atoms with Gasteiger partial charge in [0.2, 0.25) is 0 Å². The van der Waals surface area contributed by atoms with E-state index in [0.29, 0.717) is 17.9 Å². The van der Waals surface area contributed by atoms with Crippen LogP contribution in [0.5, 0.6) is 11.5 Å². The van der Waals surface area contributed by atoms with Crippen LogP contribution in [-0.2, 0) is 17.6 Å². The second kappa shape index (κ2) is 8.94. The molecule has 2 atom stereocenters. The lowest BCUT2D eigenvalue weighted by molar-refractivity contribution is -0.128. The number of methoxy groups -OCH3 is 1. The van der Waals surface area contributed by atoms with Crippen molar-refractivity contribution < 1.29 is 14.3 Å². The van der Waals surface area contributed by atoms with Crippen LogP contribution in [0.15, 0.2) is 42.5 Å². The average molecular weight is 367 g/mol. The Balaban J connectivity index is 1.65. The SMILES string of the molecule is CC[C@H](Oc1cccc(OC)c1)C(=O)N[C@@H](C)c1ccc2c(c1)CCCC2. The summed E-state index contributed by atoms with van der Waals surface area (Å²) < 4.78 is 11.1. The summed E-state index contributed by atoms with van der Waals surface area (Å²) >= 11 is 0. The van der Waals surface area contributed by atoms with Crippen molar-refractivity contribution in [2.24, 2.45) is 0 Å². The molecule has 0 heterocycles. The minimum atomic E-state index is -0.530. The third-order valence-electron chi connectivity index (χ3n) is 5.21. The molecule has 0 aliphatic heterocycles. The van der Waals surface area contributed by atoms with Gasteiger partial charge in [0.05, 0.1) is 13.2 Å². The average Bonchev–Trinajstić information content (AvgIpc) is 2.71. The highest BCUT2D eigenvalue weighted by atomic mass is 16.5. The number of ether oxygens (including phenoxy) is 2.